The second kappa shape index (κ2) is 6.47. The predicted octanol–water partition coefficient (Wildman–Crippen LogP) is 2.92. The third-order valence-corrected chi connectivity index (χ3v) is 2.81. The van der Waals surface area contributed by atoms with E-state index in [4.69, 9.17) is 10.5 Å². The summed E-state index contributed by atoms with van der Waals surface area (Å²) in [5.41, 5.74) is 6.73. The van der Waals surface area contributed by atoms with E-state index in [0.717, 1.165) is 23.1 Å². The Hall–Kier alpha value is -1.46. The molecule has 2 aromatic rings. The van der Waals surface area contributed by atoms with Crippen LogP contribution < -0.4 is 10.5 Å². The molecule has 1 aromatic heterocycles. The molecule has 1 heterocycles. The van der Waals surface area contributed by atoms with Gasteiger partial charge in [0.15, 0.2) is 0 Å². The third kappa shape index (κ3) is 3.78. The molecule has 94 valence electrons. The Kier molecular flexibility index (Phi) is 4.66. The Balaban J connectivity index is 1.99. The molecule has 2 N–H and O–H groups in total. The molecule has 0 unspecified atom stereocenters. The molecule has 5 heteroatoms. The lowest BCUT2D eigenvalue weighted by Gasteiger charge is -2.05. The highest BCUT2D eigenvalue weighted by Crippen LogP contribution is 2.19. The minimum Gasteiger partial charge on any atom is -0.424 e. The highest BCUT2D eigenvalue weighted by atomic mass is 79.9. The number of aromatic nitrogens is 2. The molecular formula is C13H14BrN3O. The summed E-state index contributed by atoms with van der Waals surface area (Å²) in [6.07, 6.45) is 5.29. The van der Waals surface area contributed by atoms with E-state index in [1.807, 2.05) is 24.3 Å². The molecule has 4 nitrogen and oxygen atoms in total. The van der Waals surface area contributed by atoms with Gasteiger partial charge in [0.2, 0.25) is 0 Å². The fourth-order valence-corrected chi connectivity index (χ4v) is 1.69. The highest BCUT2D eigenvalue weighted by molar-refractivity contribution is 9.10. The highest BCUT2D eigenvalue weighted by Gasteiger charge is 2.00. The second-order valence-electron chi connectivity index (χ2n) is 3.82. The first kappa shape index (κ1) is 13.0. The van der Waals surface area contributed by atoms with Crippen molar-refractivity contribution in [1.29, 1.82) is 0 Å². The van der Waals surface area contributed by atoms with Crippen LogP contribution in [-0.2, 0) is 6.42 Å². The molecule has 0 amide bonds. The molecule has 0 saturated carbocycles. The van der Waals surface area contributed by atoms with Gasteiger partial charge in [-0.15, -0.1) is 0 Å². The van der Waals surface area contributed by atoms with Gasteiger partial charge in [-0.05, 0) is 53.0 Å². The molecule has 0 saturated heterocycles. The number of nitrogens with two attached hydrogens (primary N) is 1. The van der Waals surface area contributed by atoms with Crippen molar-refractivity contribution >= 4 is 15.9 Å². The Morgan fingerprint density at radius 2 is 1.78 bits per heavy atom. The topological polar surface area (TPSA) is 61.0 Å². The van der Waals surface area contributed by atoms with Crippen molar-refractivity contribution in [2.24, 2.45) is 5.73 Å². The van der Waals surface area contributed by atoms with Gasteiger partial charge >= 0.3 is 6.01 Å². The quantitative estimate of drug-likeness (QED) is 0.922. The van der Waals surface area contributed by atoms with Gasteiger partial charge in [0.05, 0.1) is 4.47 Å². The van der Waals surface area contributed by atoms with Gasteiger partial charge in [-0.25, -0.2) is 9.97 Å². The largest absolute Gasteiger partial charge is 0.424 e. The normalized spacial score (nSPS) is 10.3. The van der Waals surface area contributed by atoms with Crippen molar-refractivity contribution in [1.82, 2.24) is 9.97 Å². The van der Waals surface area contributed by atoms with Crippen LogP contribution in [0.25, 0.3) is 0 Å². The zero-order valence-electron chi connectivity index (χ0n) is 9.84. The zero-order valence-corrected chi connectivity index (χ0v) is 11.4. The van der Waals surface area contributed by atoms with Crippen molar-refractivity contribution in [3.63, 3.8) is 0 Å². The fraction of sp³-hybridized carbons (Fsp3) is 0.231. The smallest absolute Gasteiger partial charge is 0.321 e. The second-order valence-corrected chi connectivity index (χ2v) is 4.74. The van der Waals surface area contributed by atoms with Crippen LogP contribution in [0.2, 0.25) is 0 Å². The van der Waals surface area contributed by atoms with Crippen molar-refractivity contribution in [3.8, 4) is 11.8 Å². The van der Waals surface area contributed by atoms with Gasteiger partial charge in [-0.3, -0.25) is 0 Å². The van der Waals surface area contributed by atoms with Crippen LogP contribution in [0.1, 0.15) is 12.0 Å². The molecule has 0 bridgehead atoms. The van der Waals surface area contributed by atoms with Crippen molar-refractivity contribution in [2.45, 2.75) is 12.8 Å². The summed E-state index contributed by atoms with van der Waals surface area (Å²) in [7, 11) is 0. The van der Waals surface area contributed by atoms with Gasteiger partial charge in [0.25, 0.3) is 0 Å². The van der Waals surface area contributed by atoms with Crippen molar-refractivity contribution < 1.29 is 4.74 Å². The lowest BCUT2D eigenvalue weighted by Crippen LogP contribution is -2.00. The molecule has 1 aromatic carbocycles. The van der Waals surface area contributed by atoms with Crippen LogP contribution >= 0.6 is 15.9 Å². The van der Waals surface area contributed by atoms with Crippen molar-refractivity contribution in [2.75, 3.05) is 6.54 Å². The third-order valence-electron chi connectivity index (χ3n) is 2.40. The molecule has 0 spiro atoms. The Bertz CT molecular complexity index is 485. The molecule has 0 fully saturated rings. The summed E-state index contributed by atoms with van der Waals surface area (Å²) in [6.45, 7) is 0.713. The SMILES string of the molecule is NCCCc1ccc(Oc2ncc(Br)cn2)cc1. The van der Waals surface area contributed by atoms with Gasteiger partial charge in [0, 0.05) is 12.4 Å². The Morgan fingerprint density at radius 3 is 2.39 bits per heavy atom. The van der Waals surface area contributed by atoms with Crippen LogP contribution in [0.3, 0.4) is 0 Å². The van der Waals surface area contributed by atoms with Gasteiger partial charge < -0.3 is 10.5 Å². The number of benzene rings is 1. The van der Waals surface area contributed by atoms with Crippen LogP contribution in [0, 0.1) is 0 Å². The maximum absolute atomic E-state index is 5.53. The van der Waals surface area contributed by atoms with E-state index in [2.05, 4.69) is 25.9 Å². The van der Waals surface area contributed by atoms with Crippen LogP contribution in [-0.4, -0.2) is 16.5 Å². The molecular weight excluding hydrogens is 294 g/mol. The summed E-state index contributed by atoms with van der Waals surface area (Å²) >= 11 is 3.27. The first-order valence-electron chi connectivity index (χ1n) is 5.72. The maximum atomic E-state index is 5.53. The standard InChI is InChI=1S/C13H14BrN3O/c14-11-8-16-13(17-9-11)18-12-5-3-10(4-6-12)2-1-7-15/h3-6,8-9H,1-2,7,15H2. The first-order valence-corrected chi connectivity index (χ1v) is 6.51. The lowest BCUT2D eigenvalue weighted by molar-refractivity contribution is 0.441. The maximum Gasteiger partial charge on any atom is 0.321 e. The summed E-state index contributed by atoms with van der Waals surface area (Å²) in [5, 5.41) is 0. The molecule has 0 aliphatic rings. The predicted molar refractivity (Wildman–Crippen MR) is 73.6 cm³/mol. The molecule has 0 aliphatic carbocycles. The van der Waals surface area contributed by atoms with E-state index in [0.29, 0.717) is 12.6 Å². The number of halogens is 1. The van der Waals surface area contributed by atoms with Crippen LogP contribution in [0.5, 0.6) is 11.8 Å². The van der Waals surface area contributed by atoms with Crippen LogP contribution in [0.4, 0.5) is 0 Å². The molecule has 0 radical (unpaired) electrons. The van der Waals surface area contributed by atoms with Gasteiger partial charge in [-0.2, -0.15) is 0 Å². The number of hydrogen-bond acceptors (Lipinski definition) is 4. The number of ether oxygens (including phenoxy) is 1. The minimum atomic E-state index is 0.341. The Morgan fingerprint density at radius 1 is 1.11 bits per heavy atom. The molecule has 0 atom stereocenters. The monoisotopic (exact) mass is 307 g/mol. The lowest BCUT2D eigenvalue weighted by atomic mass is 10.1. The molecule has 0 aliphatic heterocycles. The van der Waals surface area contributed by atoms with E-state index < -0.39 is 0 Å². The zero-order chi connectivity index (χ0) is 12.8. The molecule has 2 rings (SSSR count). The summed E-state index contributed by atoms with van der Waals surface area (Å²) in [4.78, 5) is 8.10. The minimum absolute atomic E-state index is 0.341. The molecule has 18 heavy (non-hydrogen) atoms. The Labute approximate surface area is 114 Å². The number of nitrogens with zero attached hydrogens (tertiary/aromatic N) is 2. The van der Waals surface area contributed by atoms with Gasteiger partial charge in [-0.1, -0.05) is 12.1 Å². The van der Waals surface area contributed by atoms with E-state index in [1.165, 1.54) is 5.56 Å². The van der Waals surface area contributed by atoms with E-state index >= 15 is 0 Å². The average Bonchev–Trinajstić information content (AvgIpc) is 2.41. The number of hydrogen-bond donors (Lipinski definition) is 1. The average molecular weight is 308 g/mol. The summed E-state index contributed by atoms with van der Waals surface area (Å²) in [5.74, 6) is 0.730. The number of rotatable bonds is 5. The van der Waals surface area contributed by atoms with E-state index in [1.54, 1.807) is 12.4 Å². The first-order chi connectivity index (χ1) is 8.78. The summed E-state index contributed by atoms with van der Waals surface area (Å²) in [6, 6.07) is 8.23. The number of aryl methyl sites for hydroxylation is 1. The van der Waals surface area contributed by atoms with Crippen molar-refractivity contribution in [3.05, 3.63) is 46.7 Å². The van der Waals surface area contributed by atoms with E-state index in [9.17, 15) is 0 Å². The fourth-order valence-electron chi connectivity index (χ4n) is 1.49. The van der Waals surface area contributed by atoms with E-state index in [-0.39, 0.29) is 0 Å². The summed E-state index contributed by atoms with van der Waals surface area (Å²) < 4.78 is 6.35. The van der Waals surface area contributed by atoms with Gasteiger partial charge in [0.1, 0.15) is 5.75 Å². The van der Waals surface area contributed by atoms with Crippen LogP contribution in [0.15, 0.2) is 41.1 Å².